The lowest BCUT2D eigenvalue weighted by Crippen LogP contribution is -2.02. The Bertz CT molecular complexity index is 1230. The first-order valence-electron chi connectivity index (χ1n) is 11.1. The molecule has 7 heteroatoms. The summed E-state index contributed by atoms with van der Waals surface area (Å²) < 4.78 is 8.83. The van der Waals surface area contributed by atoms with Crippen LogP contribution >= 0.6 is 27.7 Å². The number of benzene rings is 3. The first kappa shape index (κ1) is 24.2. The fourth-order valence-electron chi connectivity index (χ4n) is 3.19. The van der Waals surface area contributed by atoms with Crippen LogP contribution in [-0.2, 0) is 12.4 Å². The maximum Gasteiger partial charge on any atom is 0.212 e. The number of ether oxygens (including phenoxy) is 1. The van der Waals surface area contributed by atoms with Crippen LogP contribution in [0.15, 0.2) is 87.5 Å². The fourth-order valence-corrected chi connectivity index (χ4v) is 4.30. The molecule has 0 bridgehead atoms. The highest BCUT2D eigenvalue weighted by atomic mass is 79.9. The van der Waals surface area contributed by atoms with Crippen molar-refractivity contribution < 1.29 is 4.74 Å². The summed E-state index contributed by atoms with van der Waals surface area (Å²) in [6, 6.07) is 24.6. The lowest BCUT2D eigenvalue weighted by Gasteiger charge is -2.08. The molecular formula is C27H27BrN4OS. The molecule has 0 saturated carbocycles. The highest BCUT2D eigenvalue weighted by molar-refractivity contribution is 9.10. The maximum absolute atomic E-state index is 5.91. The van der Waals surface area contributed by atoms with E-state index in [0.717, 1.165) is 38.1 Å². The van der Waals surface area contributed by atoms with E-state index in [4.69, 9.17) is 9.84 Å². The molecule has 1 aromatic heterocycles. The van der Waals surface area contributed by atoms with E-state index < -0.39 is 0 Å². The molecule has 0 aliphatic rings. The van der Waals surface area contributed by atoms with Crippen LogP contribution < -0.4 is 4.74 Å². The Kier molecular flexibility index (Phi) is 8.19. The molecule has 0 saturated heterocycles. The molecule has 0 spiro atoms. The van der Waals surface area contributed by atoms with Crippen LogP contribution in [0.1, 0.15) is 47.8 Å². The van der Waals surface area contributed by atoms with Crippen LogP contribution in [0.3, 0.4) is 0 Å². The van der Waals surface area contributed by atoms with Gasteiger partial charge in [0.25, 0.3) is 0 Å². The lowest BCUT2D eigenvalue weighted by molar-refractivity contribution is 0.306. The molecule has 0 fully saturated rings. The molecule has 0 aliphatic carbocycles. The quantitative estimate of drug-likeness (QED) is 0.168. The van der Waals surface area contributed by atoms with Gasteiger partial charge in [-0.25, -0.2) is 0 Å². The number of rotatable bonds is 9. The number of hydrogen-bond acceptors (Lipinski definition) is 5. The van der Waals surface area contributed by atoms with E-state index in [1.54, 1.807) is 11.8 Å². The van der Waals surface area contributed by atoms with Gasteiger partial charge in [0.1, 0.15) is 12.4 Å². The monoisotopic (exact) mass is 534 g/mol. The Labute approximate surface area is 213 Å². The zero-order valence-corrected chi connectivity index (χ0v) is 21.9. The number of hydrogen-bond donors (Lipinski definition) is 0. The van der Waals surface area contributed by atoms with Crippen LogP contribution in [0.25, 0.3) is 0 Å². The van der Waals surface area contributed by atoms with E-state index in [-0.39, 0.29) is 5.92 Å². The number of aryl methyl sites for hydroxylation is 1. The molecule has 1 heterocycles. The topological polar surface area (TPSA) is 52.3 Å². The van der Waals surface area contributed by atoms with Gasteiger partial charge in [0.15, 0.2) is 5.82 Å². The molecule has 3 aromatic carbocycles. The Morgan fingerprint density at radius 3 is 2.29 bits per heavy atom. The fraction of sp³-hybridized carbons (Fsp3) is 0.222. The summed E-state index contributed by atoms with van der Waals surface area (Å²) in [5.41, 5.74) is 4.60. The largest absolute Gasteiger partial charge is 0.489 e. The van der Waals surface area contributed by atoms with Gasteiger partial charge in [0.05, 0.1) is 6.21 Å². The molecule has 0 aliphatic heterocycles. The van der Waals surface area contributed by atoms with Gasteiger partial charge in [-0.1, -0.05) is 83.5 Å². The smallest absolute Gasteiger partial charge is 0.212 e. The maximum atomic E-state index is 5.91. The number of halogens is 1. The average Bonchev–Trinajstić information content (AvgIpc) is 3.26. The second-order valence-corrected chi connectivity index (χ2v) is 10.2. The molecule has 0 unspecified atom stereocenters. The highest BCUT2D eigenvalue weighted by Crippen LogP contribution is 2.25. The Balaban J connectivity index is 1.42. The zero-order valence-electron chi connectivity index (χ0n) is 19.5. The van der Waals surface area contributed by atoms with E-state index in [9.17, 15) is 0 Å². The van der Waals surface area contributed by atoms with Crippen molar-refractivity contribution in [2.75, 3.05) is 0 Å². The summed E-state index contributed by atoms with van der Waals surface area (Å²) in [6.07, 6.45) is 1.84. The third-order valence-electron chi connectivity index (χ3n) is 5.16. The zero-order chi connectivity index (χ0) is 23.9. The van der Waals surface area contributed by atoms with Gasteiger partial charge in [0, 0.05) is 16.1 Å². The first-order chi connectivity index (χ1) is 16.5. The SMILES string of the molecule is Cc1ccc(COc2ccc(/C=N/n3c(SCc4ccc(Br)cc4)nnc3C(C)C)cc2)cc1. The van der Waals surface area contributed by atoms with Crippen molar-refractivity contribution in [2.24, 2.45) is 5.10 Å². The second kappa shape index (κ2) is 11.5. The van der Waals surface area contributed by atoms with Gasteiger partial charge < -0.3 is 4.74 Å². The molecule has 34 heavy (non-hydrogen) atoms. The van der Waals surface area contributed by atoms with E-state index >= 15 is 0 Å². The summed E-state index contributed by atoms with van der Waals surface area (Å²) >= 11 is 5.11. The van der Waals surface area contributed by atoms with E-state index in [1.807, 2.05) is 47.3 Å². The minimum atomic E-state index is 0.212. The number of thioether (sulfide) groups is 1. The van der Waals surface area contributed by atoms with Crippen molar-refractivity contribution in [3.05, 3.63) is 105 Å². The Morgan fingerprint density at radius 1 is 0.941 bits per heavy atom. The van der Waals surface area contributed by atoms with E-state index in [1.165, 1.54) is 11.1 Å². The van der Waals surface area contributed by atoms with E-state index in [2.05, 4.69) is 83.3 Å². The second-order valence-electron chi connectivity index (χ2n) is 8.31. The van der Waals surface area contributed by atoms with Crippen LogP contribution in [0.2, 0.25) is 0 Å². The predicted octanol–water partition coefficient (Wildman–Crippen LogP) is 7.23. The minimum Gasteiger partial charge on any atom is -0.489 e. The molecule has 0 amide bonds. The third kappa shape index (κ3) is 6.58. The highest BCUT2D eigenvalue weighted by Gasteiger charge is 2.15. The molecule has 174 valence electrons. The molecule has 4 aromatic rings. The van der Waals surface area contributed by atoms with Gasteiger partial charge in [0.2, 0.25) is 5.16 Å². The molecule has 0 atom stereocenters. The van der Waals surface area contributed by atoms with E-state index in [0.29, 0.717) is 6.61 Å². The standard InChI is InChI=1S/C27H27BrN4OS/c1-19(2)26-30-31-27(34-18-23-8-12-24(28)13-9-23)32(26)29-16-21-10-14-25(15-11-21)33-17-22-6-4-20(3)5-7-22/h4-16,19H,17-18H2,1-3H3/b29-16+. The average molecular weight is 536 g/mol. The molecular weight excluding hydrogens is 508 g/mol. The predicted molar refractivity (Wildman–Crippen MR) is 143 cm³/mol. The summed E-state index contributed by atoms with van der Waals surface area (Å²) in [5.74, 6) is 2.68. The van der Waals surface area contributed by atoms with Gasteiger partial charge >= 0.3 is 0 Å². The minimum absolute atomic E-state index is 0.212. The van der Waals surface area contributed by atoms with Crippen LogP contribution in [0.5, 0.6) is 5.75 Å². The first-order valence-corrected chi connectivity index (χ1v) is 12.9. The Hall–Kier alpha value is -2.90. The van der Waals surface area contributed by atoms with Crippen molar-refractivity contribution in [3.63, 3.8) is 0 Å². The van der Waals surface area contributed by atoms with Crippen molar-refractivity contribution in [3.8, 4) is 5.75 Å². The van der Waals surface area contributed by atoms with Crippen molar-refractivity contribution >= 4 is 33.9 Å². The lowest BCUT2D eigenvalue weighted by atomic mass is 10.2. The van der Waals surface area contributed by atoms with Gasteiger partial charge in [-0.3, -0.25) is 0 Å². The Morgan fingerprint density at radius 2 is 1.62 bits per heavy atom. The summed E-state index contributed by atoms with van der Waals surface area (Å²) in [4.78, 5) is 0. The third-order valence-corrected chi connectivity index (χ3v) is 6.68. The number of aromatic nitrogens is 3. The summed E-state index contributed by atoms with van der Waals surface area (Å²) in [6.45, 7) is 6.82. The van der Waals surface area contributed by atoms with Crippen LogP contribution in [-0.4, -0.2) is 21.1 Å². The normalized spacial score (nSPS) is 11.4. The van der Waals surface area contributed by atoms with Gasteiger partial charge in [-0.05, 0) is 60.0 Å². The van der Waals surface area contributed by atoms with Gasteiger partial charge in [-0.2, -0.15) is 9.78 Å². The number of nitrogens with zero attached hydrogens (tertiary/aromatic N) is 4. The van der Waals surface area contributed by atoms with Crippen molar-refractivity contribution in [1.29, 1.82) is 0 Å². The van der Waals surface area contributed by atoms with Crippen molar-refractivity contribution in [2.45, 2.75) is 44.2 Å². The van der Waals surface area contributed by atoms with Gasteiger partial charge in [-0.15, -0.1) is 10.2 Å². The molecule has 4 rings (SSSR count). The molecule has 0 radical (unpaired) electrons. The van der Waals surface area contributed by atoms with Crippen LogP contribution in [0.4, 0.5) is 0 Å². The summed E-state index contributed by atoms with van der Waals surface area (Å²) in [7, 11) is 0. The summed E-state index contributed by atoms with van der Waals surface area (Å²) in [5, 5.41) is 14.3. The molecule has 0 N–H and O–H groups in total. The van der Waals surface area contributed by atoms with Crippen LogP contribution in [0, 0.1) is 6.92 Å². The van der Waals surface area contributed by atoms with Crippen molar-refractivity contribution in [1.82, 2.24) is 14.9 Å². The molecule has 5 nitrogen and oxygen atoms in total.